The highest BCUT2D eigenvalue weighted by molar-refractivity contribution is 7.22. The molecule has 0 saturated carbocycles. The minimum Gasteiger partial charge on any atom is -0.497 e. The number of thiazole rings is 1. The summed E-state index contributed by atoms with van der Waals surface area (Å²) in [5, 5.41) is 4.24. The number of carbonyl (C=O) groups is 1. The standard InChI is InChI=1S/C23H16N4O2S/c1-29-14-9-10-19-21(12-14)30-23(26-19)27-22(28)16-13-20(18-8-4-5-11-24-18)25-17-7-3-2-6-15(16)17/h2-13H,1H3,(H,26,27,28). The van der Waals surface area contributed by atoms with Gasteiger partial charge in [-0.1, -0.05) is 35.6 Å². The van der Waals surface area contributed by atoms with E-state index in [-0.39, 0.29) is 5.91 Å². The molecule has 0 aliphatic carbocycles. The first-order valence-electron chi connectivity index (χ1n) is 9.28. The molecule has 5 rings (SSSR count). The number of nitrogens with one attached hydrogen (secondary N) is 1. The van der Waals surface area contributed by atoms with Crippen molar-refractivity contribution >= 4 is 43.5 Å². The molecule has 0 bridgehead atoms. The van der Waals surface area contributed by atoms with Crippen LogP contribution in [0.4, 0.5) is 5.13 Å². The Morgan fingerprint density at radius 1 is 0.933 bits per heavy atom. The molecule has 7 heteroatoms. The molecule has 5 aromatic rings. The molecule has 30 heavy (non-hydrogen) atoms. The lowest BCUT2D eigenvalue weighted by atomic mass is 10.1. The number of hydrogen-bond donors (Lipinski definition) is 1. The molecule has 1 amide bonds. The topological polar surface area (TPSA) is 77.0 Å². The van der Waals surface area contributed by atoms with Gasteiger partial charge in [0.15, 0.2) is 5.13 Å². The number of benzene rings is 2. The van der Waals surface area contributed by atoms with Crippen LogP contribution in [0.5, 0.6) is 5.75 Å². The minimum absolute atomic E-state index is 0.239. The Morgan fingerprint density at radius 3 is 2.63 bits per heavy atom. The zero-order chi connectivity index (χ0) is 20.5. The van der Waals surface area contributed by atoms with Crippen molar-refractivity contribution in [2.24, 2.45) is 0 Å². The molecule has 3 aromatic heterocycles. The average Bonchev–Trinajstić information content (AvgIpc) is 3.20. The summed E-state index contributed by atoms with van der Waals surface area (Å²) in [5.41, 5.74) is 3.43. The van der Waals surface area contributed by atoms with Gasteiger partial charge in [0, 0.05) is 11.6 Å². The van der Waals surface area contributed by atoms with E-state index in [1.165, 1.54) is 11.3 Å². The van der Waals surface area contributed by atoms with E-state index in [0.29, 0.717) is 22.1 Å². The molecule has 146 valence electrons. The summed E-state index contributed by atoms with van der Waals surface area (Å²) in [4.78, 5) is 26.8. The Morgan fingerprint density at radius 2 is 1.80 bits per heavy atom. The molecule has 0 fully saturated rings. The van der Waals surface area contributed by atoms with Crippen molar-refractivity contribution in [3.63, 3.8) is 0 Å². The van der Waals surface area contributed by atoms with Gasteiger partial charge in [0.1, 0.15) is 5.75 Å². The van der Waals surface area contributed by atoms with Gasteiger partial charge in [0.2, 0.25) is 0 Å². The highest BCUT2D eigenvalue weighted by Gasteiger charge is 2.16. The van der Waals surface area contributed by atoms with E-state index in [4.69, 9.17) is 4.74 Å². The molecule has 3 heterocycles. The summed E-state index contributed by atoms with van der Waals surface area (Å²) >= 11 is 1.40. The number of amides is 1. The predicted molar refractivity (Wildman–Crippen MR) is 119 cm³/mol. The first-order chi connectivity index (χ1) is 14.7. The van der Waals surface area contributed by atoms with Gasteiger partial charge in [-0.3, -0.25) is 15.1 Å². The smallest absolute Gasteiger partial charge is 0.258 e. The molecule has 0 saturated heterocycles. The third-order valence-corrected chi connectivity index (χ3v) is 5.64. The number of rotatable bonds is 4. The molecule has 2 aromatic carbocycles. The van der Waals surface area contributed by atoms with Gasteiger partial charge in [-0.25, -0.2) is 9.97 Å². The lowest BCUT2D eigenvalue weighted by Gasteiger charge is -2.09. The van der Waals surface area contributed by atoms with Crippen LogP contribution in [-0.4, -0.2) is 28.0 Å². The SMILES string of the molecule is COc1ccc2nc(NC(=O)c3cc(-c4ccccn4)nc4ccccc34)sc2c1. The van der Waals surface area contributed by atoms with Crippen molar-refractivity contribution in [3.8, 4) is 17.1 Å². The zero-order valence-electron chi connectivity index (χ0n) is 16.0. The third-order valence-electron chi connectivity index (χ3n) is 4.70. The third kappa shape index (κ3) is 3.35. The number of aromatic nitrogens is 3. The Balaban J connectivity index is 1.55. The zero-order valence-corrected chi connectivity index (χ0v) is 16.8. The Hall–Kier alpha value is -3.84. The van der Waals surface area contributed by atoms with Crippen molar-refractivity contribution in [2.75, 3.05) is 12.4 Å². The highest BCUT2D eigenvalue weighted by atomic mass is 32.1. The van der Waals surface area contributed by atoms with Gasteiger partial charge < -0.3 is 4.74 Å². The Labute approximate surface area is 176 Å². The molecular formula is C23H16N4O2S. The highest BCUT2D eigenvalue weighted by Crippen LogP contribution is 2.30. The van der Waals surface area contributed by atoms with Crippen LogP contribution < -0.4 is 10.1 Å². The van der Waals surface area contributed by atoms with Gasteiger partial charge >= 0.3 is 0 Å². The van der Waals surface area contributed by atoms with Gasteiger partial charge in [0.25, 0.3) is 5.91 Å². The number of methoxy groups -OCH3 is 1. The van der Waals surface area contributed by atoms with Crippen molar-refractivity contribution in [2.45, 2.75) is 0 Å². The molecule has 0 spiro atoms. The minimum atomic E-state index is -0.239. The molecule has 0 atom stereocenters. The van der Waals surface area contributed by atoms with E-state index < -0.39 is 0 Å². The van der Waals surface area contributed by atoms with E-state index in [0.717, 1.165) is 26.9 Å². The van der Waals surface area contributed by atoms with Crippen LogP contribution in [0.25, 0.3) is 32.5 Å². The number of fused-ring (bicyclic) bond motifs is 2. The second kappa shape index (κ2) is 7.53. The fourth-order valence-corrected chi connectivity index (χ4v) is 4.15. The fraction of sp³-hybridized carbons (Fsp3) is 0.0435. The number of carbonyl (C=O) groups excluding carboxylic acids is 1. The monoisotopic (exact) mass is 412 g/mol. The van der Waals surface area contributed by atoms with E-state index >= 15 is 0 Å². The second-order valence-electron chi connectivity index (χ2n) is 6.59. The number of ether oxygens (including phenoxy) is 1. The van der Waals surface area contributed by atoms with Crippen LogP contribution in [-0.2, 0) is 0 Å². The van der Waals surface area contributed by atoms with Crippen LogP contribution in [0.15, 0.2) is 72.9 Å². The fourth-order valence-electron chi connectivity index (χ4n) is 3.26. The summed E-state index contributed by atoms with van der Waals surface area (Å²) in [6.45, 7) is 0. The maximum atomic E-state index is 13.2. The maximum Gasteiger partial charge on any atom is 0.258 e. The molecule has 0 unspecified atom stereocenters. The normalized spacial score (nSPS) is 11.0. The van der Waals surface area contributed by atoms with Crippen LogP contribution in [0.1, 0.15) is 10.4 Å². The lowest BCUT2D eigenvalue weighted by Crippen LogP contribution is -2.13. The number of hydrogen-bond acceptors (Lipinski definition) is 6. The number of pyridine rings is 2. The largest absolute Gasteiger partial charge is 0.497 e. The maximum absolute atomic E-state index is 13.2. The number of anilines is 1. The van der Waals surface area contributed by atoms with Crippen LogP contribution >= 0.6 is 11.3 Å². The van der Waals surface area contributed by atoms with Gasteiger partial charge in [-0.15, -0.1) is 0 Å². The number of nitrogens with zero attached hydrogens (tertiary/aromatic N) is 3. The summed E-state index contributed by atoms with van der Waals surface area (Å²) in [5.74, 6) is 0.515. The Bertz CT molecular complexity index is 1380. The summed E-state index contributed by atoms with van der Waals surface area (Å²) in [6.07, 6.45) is 1.71. The van der Waals surface area contributed by atoms with Crippen molar-refractivity contribution in [3.05, 3.63) is 78.5 Å². The molecule has 6 nitrogen and oxygen atoms in total. The van der Waals surface area contributed by atoms with E-state index in [9.17, 15) is 4.79 Å². The molecule has 0 aliphatic rings. The van der Waals surface area contributed by atoms with E-state index in [1.54, 1.807) is 19.4 Å². The van der Waals surface area contributed by atoms with E-state index in [1.807, 2.05) is 60.7 Å². The summed E-state index contributed by atoms with van der Waals surface area (Å²) in [7, 11) is 1.62. The molecular weight excluding hydrogens is 396 g/mol. The van der Waals surface area contributed by atoms with E-state index in [2.05, 4.69) is 20.3 Å². The van der Waals surface area contributed by atoms with Crippen molar-refractivity contribution in [1.82, 2.24) is 15.0 Å². The average molecular weight is 412 g/mol. The quantitative estimate of drug-likeness (QED) is 0.441. The summed E-state index contributed by atoms with van der Waals surface area (Å²) < 4.78 is 6.21. The lowest BCUT2D eigenvalue weighted by molar-refractivity contribution is 0.102. The van der Waals surface area contributed by atoms with Crippen molar-refractivity contribution in [1.29, 1.82) is 0 Å². The first kappa shape index (κ1) is 18.2. The first-order valence-corrected chi connectivity index (χ1v) is 10.1. The Kier molecular flexibility index (Phi) is 4.57. The van der Waals surface area contributed by atoms with Gasteiger partial charge in [0.05, 0.1) is 39.8 Å². The van der Waals surface area contributed by atoms with Gasteiger partial charge in [-0.05, 0) is 42.5 Å². The number of para-hydroxylation sites is 1. The van der Waals surface area contributed by atoms with Crippen LogP contribution in [0.2, 0.25) is 0 Å². The summed E-state index contributed by atoms with van der Waals surface area (Å²) in [6, 6.07) is 20.6. The van der Waals surface area contributed by atoms with Crippen LogP contribution in [0, 0.1) is 0 Å². The second-order valence-corrected chi connectivity index (χ2v) is 7.62. The molecule has 0 radical (unpaired) electrons. The molecule has 1 N–H and O–H groups in total. The van der Waals surface area contributed by atoms with Crippen molar-refractivity contribution < 1.29 is 9.53 Å². The molecule has 0 aliphatic heterocycles. The van der Waals surface area contributed by atoms with Gasteiger partial charge in [-0.2, -0.15) is 0 Å². The predicted octanol–water partition coefficient (Wildman–Crippen LogP) is 5.17. The van der Waals surface area contributed by atoms with Crippen LogP contribution in [0.3, 0.4) is 0 Å².